The fourth-order valence-electron chi connectivity index (χ4n) is 1.39. The summed E-state index contributed by atoms with van der Waals surface area (Å²) in [7, 11) is 0. The van der Waals surface area contributed by atoms with E-state index in [-0.39, 0.29) is 11.3 Å². The lowest BCUT2D eigenvalue weighted by molar-refractivity contribution is 0.0911. The monoisotopic (exact) mass is 254 g/mol. The van der Waals surface area contributed by atoms with Crippen molar-refractivity contribution in [1.29, 1.82) is 0 Å². The molecule has 1 heterocycles. The molecule has 1 aromatic rings. The van der Waals surface area contributed by atoms with E-state index in [0.717, 1.165) is 11.4 Å². The van der Waals surface area contributed by atoms with E-state index < -0.39 is 5.54 Å². The molecule has 0 aromatic carbocycles. The number of nitrogens with one attached hydrogen (secondary N) is 1. The molecule has 0 aliphatic rings. The minimum absolute atomic E-state index is 0.132. The summed E-state index contributed by atoms with van der Waals surface area (Å²) in [6, 6.07) is 3.63. The molecule has 0 bridgehead atoms. The number of hydrogen-bond acceptors (Lipinski definition) is 2. The predicted molar refractivity (Wildman–Crippen MR) is 70.6 cm³/mol. The number of hydrogen-bond donors (Lipinski definition) is 1. The molecule has 1 N–H and O–H groups in total. The topological polar surface area (TPSA) is 42.0 Å². The number of alkyl halides is 1. The maximum Gasteiger partial charge on any atom is 0.253 e. The smallest absolute Gasteiger partial charge is 0.253 e. The van der Waals surface area contributed by atoms with Crippen LogP contribution in [0.5, 0.6) is 0 Å². The molecule has 1 aromatic heterocycles. The Morgan fingerprint density at radius 1 is 1.41 bits per heavy atom. The second-order valence-electron chi connectivity index (χ2n) is 4.88. The van der Waals surface area contributed by atoms with Crippen molar-refractivity contribution in [2.75, 3.05) is 0 Å². The first-order valence-electron chi connectivity index (χ1n) is 5.65. The van der Waals surface area contributed by atoms with Gasteiger partial charge in [0.05, 0.1) is 22.2 Å². The van der Waals surface area contributed by atoms with Crippen LogP contribution in [0.25, 0.3) is 0 Å². The summed E-state index contributed by atoms with van der Waals surface area (Å²) in [6.07, 6.45) is 0. The zero-order valence-electron chi connectivity index (χ0n) is 11.0. The van der Waals surface area contributed by atoms with Crippen molar-refractivity contribution in [2.24, 2.45) is 0 Å². The Morgan fingerprint density at radius 3 is 2.47 bits per heavy atom. The molecule has 1 unspecified atom stereocenters. The summed E-state index contributed by atoms with van der Waals surface area (Å²) in [5, 5.41) is 2.77. The van der Waals surface area contributed by atoms with Crippen molar-refractivity contribution >= 4 is 17.5 Å². The van der Waals surface area contributed by atoms with Crippen LogP contribution in [0.1, 0.15) is 42.5 Å². The van der Waals surface area contributed by atoms with E-state index in [1.165, 1.54) is 0 Å². The minimum atomic E-state index is -0.448. The van der Waals surface area contributed by atoms with Gasteiger partial charge in [-0.1, -0.05) is 0 Å². The molecule has 17 heavy (non-hydrogen) atoms. The Bertz CT molecular complexity index is 427. The van der Waals surface area contributed by atoms with Crippen LogP contribution in [0.3, 0.4) is 0 Å². The van der Waals surface area contributed by atoms with Crippen molar-refractivity contribution in [2.45, 2.75) is 45.5 Å². The van der Waals surface area contributed by atoms with E-state index in [2.05, 4.69) is 10.3 Å². The van der Waals surface area contributed by atoms with E-state index in [4.69, 9.17) is 11.6 Å². The molecule has 1 amide bonds. The van der Waals surface area contributed by atoms with Gasteiger partial charge in [0.25, 0.3) is 5.91 Å². The summed E-state index contributed by atoms with van der Waals surface area (Å²) in [6.45, 7) is 9.40. The number of rotatable bonds is 3. The number of aryl methyl sites for hydroxylation is 2. The van der Waals surface area contributed by atoms with Gasteiger partial charge in [-0.05, 0) is 46.8 Å². The van der Waals surface area contributed by atoms with Crippen LogP contribution in [0, 0.1) is 13.8 Å². The molecule has 4 heteroatoms. The third kappa shape index (κ3) is 3.43. The molecule has 0 spiro atoms. The number of pyridine rings is 1. The first-order valence-corrected chi connectivity index (χ1v) is 6.08. The molecule has 1 atom stereocenters. The van der Waals surface area contributed by atoms with E-state index in [9.17, 15) is 4.79 Å². The van der Waals surface area contributed by atoms with Crippen LogP contribution in [0.4, 0.5) is 0 Å². The highest BCUT2D eigenvalue weighted by molar-refractivity contribution is 6.21. The zero-order chi connectivity index (χ0) is 13.2. The van der Waals surface area contributed by atoms with Gasteiger partial charge < -0.3 is 5.32 Å². The van der Waals surface area contributed by atoms with Gasteiger partial charge in [0, 0.05) is 5.69 Å². The molecule has 0 radical (unpaired) electrons. The van der Waals surface area contributed by atoms with Crippen LogP contribution in [-0.4, -0.2) is 21.8 Å². The van der Waals surface area contributed by atoms with Crippen LogP contribution < -0.4 is 5.32 Å². The Morgan fingerprint density at radius 2 is 2.00 bits per heavy atom. The number of aromatic nitrogens is 1. The van der Waals surface area contributed by atoms with Gasteiger partial charge in [0.1, 0.15) is 0 Å². The standard InChI is InChI=1S/C13H19ClN2O/c1-8-6-7-11(9(2)15-8)12(17)16-13(4,5)10(3)14/h6-7,10H,1-5H3,(H,16,17). The SMILES string of the molecule is Cc1ccc(C(=O)NC(C)(C)C(C)Cl)c(C)n1. The lowest BCUT2D eigenvalue weighted by atomic mass is 10.0. The fourth-order valence-corrected chi connectivity index (χ4v) is 1.44. The van der Waals surface area contributed by atoms with Crippen molar-refractivity contribution in [3.8, 4) is 0 Å². The van der Waals surface area contributed by atoms with Gasteiger partial charge in [-0.2, -0.15) is 0 Å². The number of nitrogens with zero attached hydrogens (tertiary/aromatic N) is 1. The van der Waals surface area contributed by atoms with E-state index >= 15 is 0 Å². The van der Waals surface area contributed by atoms with E-state index in [1.807, 2.05) is 40.7 Å². The number of halogens is 1. The summed E-state index contributed by atoms with van der Waals surface area (Å²) < 4.78 is 0. The van der Waals surface area contributed by atoms with Crippen molar-refractivity contribution in [1.82, 2.24) is 10.3 Å². The summed E-state index contributed by atoms with van der Waals surface area (Å²) in [5.41, 5.74) is 1.79. The van der Waals surface area contributed by atoms with Gasteiger partial charge in [-0.15, -0.1) is 11.6 Å². The first kappa shape index (κ1) is 14.0. The average Bonchev–Trinajstić information content (AvgIpc) is 2.15. The van der Waals surface area contributed by atoms with Gasteiger partial charge in [-0.3, -0.25) is 9.78 Å². The third-order valence-corrected chi connectivity index (χ3v) is 3.45. The molecular formula is C13H19ClN2O. The molecule has 0 fully saturated rings. The summed E-state index contributed by atoms with van der Waals surface area (Å²) in [5.74, 6) is -0.132. The van der Waals surface area contributed by atoms with Gasteiger partial charge in [0.15, 0.2) is 0 Å². The number of amides is 1. The Hall–Kier alpha value is -1.09. The summed E-state index contributed by atoms with van der Waals surface area (Å²) >= 11 is 6.04. The molecule has 0 aliphatic carbocycles. The maximum absolute atomic E-state index is 12.1. The van der Waals surface area contributed by atoms with E-state index in [1.54, 1.807) is 6.07 Å². The van der Waals surface area contributed by atoms with Crippen molar-refractivity contribution in [3.05, 3.63) is 29.1 Å². The number of carbonyl (C=O) groups is 1. The van der Waals surface area contributed by atoms with Crippen LogP contribution >= 0.6 is 11.6 Å². The Kier molecular flexibility index (Phi) is 4.15. The van der Waals surface area contributed by atoms with Crippen LogP contribution in [0.2, 0.25) is 0 Å². The third-order valence-electron chi connectivity index (χ3n) is 2.90. The van der Waals surface area contributed by atoms with Crippen LogP contribution in [-0.2, 0) is 0 Å². The lowest BCUT2D eigenvalue weighted by Gasteiger charge is -2.29. The van der Waals surface area contributed by atoms with Gasteiger partial charge >= 0.3 is 0 Å². The van der Waals surface area contributed by atoms with Gasteiger partial charge in [0.2, 0.25) is 0 Å². The highest BCUT2D eigenvalue weighted by Crippen LogP contribution is 2.16. The van der Waals surface area contributed by atoms with Crippen molar-refractivity contribution < 1.29 is 4.79 Å². The average molecular weight is 255 g/mol. The largest absolute Gasteiger partial charge is 0.346 e. The Balaban J connectivity index is 2.91. The highest BCUT2D eigenvalue weighted by atomic mass is 35.5. The van der Waals surface area contributed by atoms with Gasteiger partial charge in [-0.25, -0.2) is 0 Å². The molecule has 0 saturated carbocycles. The zero-order valence-corrected chi connectivity index (χ0v) is 11.7. The van der Waals surface area contributed by atoms with Crippen molar-refractivity contribution in [3.63, 3.8) is 0 Å². The molecule has 1 rings (SSSR count). The molecule has 0 saturated heterocycles. The summed E-state index contributed by atoms with van der Waals surface area (Å²) in [4.78, 5) is 16.4. The maximum atomic E-state index is 12.1. The quantitative estimate of drug-likeness (QED) is 0.843. The minimum Gasteiger partial charge on any atom is -0.346 e. The molecule has 3 nitrogen and oxygen atoms in total. The molecule has 94 valence electrons. The predicted octanol–water partition coefficient (Wildman–Crippen LogP) is 2.83. The van der Waals surface area contributed by atoms with Crippen LogP contribution in [0.15, 0.2) is 12.1 Å². The number of carbonyl (C=O) groups excluding carboxylic acids is 1. The van der Waals surface area contributed by atoms with E-state index in [0.29, 0.717) is 5.56 Å². The molecular weight excluding hydrogens is 236 g/mol. The fraction of sp³-hybridized carbons (Fsp3) is 0.538. The lowest BCUT2D eigenvalue weighted by Crippen LogP contribution is -2.49. The normalized spacial score (nSPS) is 13.3. The Labute approximate surface area is 108 Å². The highest BCUT2D eigenvalue weighted by Gasteiger charge is 2.27. The first-order chi connectivity index (χ1) is 7.74. The molecule has 0 aliphatic heterocycles. The second-order valence-corrected chi connectivity index (χ2v) is 5.53. The second kappa shape index (κ2) is 5.05.